The average molecular weight is 337 g/mol. The lowest BCUT2D eigenvalue weighted by Crippen LogP contribution is -1.85. The average Bonchev–Trinajstić information content (AvgIpc) is 2.32. The lowest BCUT2D eigenvalue weighted by atomic mass is 10.0. The molecule has 2 aromatic carbocycles. The quantitative estimate of drug-likeness (QED) is 0.737. The summed E-state index contributed by atoms with van der Waals surface area (Å²) in [6.07, 6.45) is 0. The summed E-state index contributed by atoms with van der Waals surface area (Å²) in [5, 5.41) is 9.06. The van der Waals surface area contributed by atoms with Crippen LogP contribution in [0, 0.1) is 11.3 Å². The highest BCUT2D eigenvalue weighted by Crippen LogP contribution is 2.32. The van der Waals surface area contributed by atoms with E-state index in [4.69, 9.17) is 5.26 Å². The molecule has 2 aromatic rings. The fourth-order valence-corrected chi connectivity index (χ4v) is 2.34. The third-order valence-corrected chi connectivity index (χ3v) is 3.45. The number of rotatable bonds is 1. The Bertz CT molecular complexity index is 570. The Kier molecular flexibility index (Phi) is 3.42. The minimum atomic E-state index is 0.682. The van der Waals surface area contributed by atoms with Crippen LogP contribution in [0.5, 0.6) is 0 Å². The van der Waals surface area contributed by atoms with Crippen molar-refractivity contribution in [2.24, 2.45) is 0 Å². The van der Waals surface area contributed by atoms with Gasteiger partial charge in [-0.3, -0.25) is 0 Å². The summed E-state index contributed by atoms with van der Waals surface area (Å²) in [6.45, 7) is 0. The molecule has 0 bridgehead atoms. The Morgan fingerprint density at radius 2 is 1.69 bits per heavy atom. The van der Waals surface area contributed by atoms with Crippen LogP contribution in [0.25, 0.3) is 11.1 Å². The van der Waals surface area contributed by atoms with Gasteiger partial charge in [0.15, 0.2) is 0 Å². The maximum atomic E-state index is 9.06. The molecule has 78 valence electrons. The molecule has 0 aromatic heterocycles. The molecule has 1 nitrogen and oxygen atoms in total. The van der Waals surface area contributed by atoms with E-state index >= 15 is 0 Å². The first-order chi connectivity index (χ1) is 7.72. The first-order valence-corrected chi connectivity index (χ1v) is 6.25. The Balaban J connectivity index is 2.68. The van der Waals surface area contributed by atoms with Gasteiger partial charge in [-0.25, -0.2) is 0 Å². The third-order valence-electron chi connectivity index (χ3n) is 2.27. The normalized spacial score (nSPS) is 9.81. The monoisotopic (exact) mass is 335 g/mol. The molecular formula is C13H7Br2N. The van der Waals surface area contributed by atoms with E-state index in [0.29, 0.717) is 5.56 Å². The number of hydrogen-bond donors (Lipinski definition) is 0. The van der Waals surface area contributed by atoms with Crippen molar-refractivity contribution in [3.05, 3.63) is 57.0 Å². The number of halogens is 2. The van der Waals surface area contributed by atoms with Crippen molar-refractivity contribution in [1.82, 2.24) is 0 Å². The molecule has 0 heterocycles. The summed E-state index contributed by atoms with van der Waals surface area (Å²) in [5.74, 6) is 0. The molecule has 0 aliphatic carbocycles. The molecule has 0 N–H and O–H groups in total. The molecule has 0 radical (unpaired) electrons. The zero-order chi connectivity index (χ0) is 11.5. The minimum Gasteiger partial charge on any atom is -0.192 e. The van der Waals surface area contributed by atoms with Gasteiger partial charge in [0.2, 0.25) is 0 Å². The fourth-order valence-electron chi connectivity index (χ4n) is 1.52. The van der Waals surface area contributed by atoms with Gasteiger partial charge in [0.05, 0.1) is 11.6 Å². The number of nitriles is 1. The topological polar surface area (TPSA) is 23.8 Å². The van der Waals surface area contributed by atoms with E-state index in [9.17, 15) is 0 Å². The third kappa shape index (κ3) is 2.18. The zero-order valence-electron chi connectivity index (χ0n) is 8.24. The summed E-state index contributed by atoms with van der Waals surface area (Å²) in [7, 11) is 0. The van der Waals surface area contributed by atoms with Crippen LogP contribution in [0.1, 0.15) is 5.56 Å². The van der Waals surface area contributed by atoms with Crippen molar-refractivity contribution in [2.75, 3.05) is 0 Å². The van der Waals surface area contributed by atoms with Crippen LogP contribution < -0.4 is 0 Å². The van der Waals surface area contributed by atoms with E-state index in [0.717, 1.165) is 20.1 Å². The van der Waals surface area contributed by atoms with Crippen molar-refractivity contribution < 1.29 is 0 Å². The van der Waals surface area contributed by atoms with E-state index in [2.05, 4.69) is 37.9 Å². The molecule has 0 saturated heterocycles. The Morgan fingerprint density at radius 1 is 0.938 bits per heavy atom. The lowest BCUT2D eigenvalue weighted by molar-refractivity contribution is 1.47. The predicted octanol–water partition coefficient (Wildman–Crippen LogP) is 4.75. The van der Waals surface area contributed by atoms with Crippen LogP contribution in [0.2, 0.25) is 0 Å². The molecule has 0 atom stereocenters. The first-order valence-electron chi connectivity index (χ1n) is 4.67. The second-order valence-electron chi connectivity index (χ2n) is 3.28. The maximum absolute atomic E-state index is 9.06. The van der Waals surface area contributed by atoms with Gasteiger partial charge < -0.3 is 0 Å². The summed E-state index contributed by atoms with van der Waals surface area (Å²) in [5.41, 5.74) is 2.64. The standard InChI is InChI=1S/C13H7Br2N/c14-10-5-6-13(15)12(7-10)11-4-2-1-3-9(11)8-16/h1-7H. The molecule has 0 saturated carbocycles. The fraction of sp³-hybridized carbons (Fsp3) is 0. The zero-order valence-corrected chi connectivity index (χ0v) is 11.4. The Labute approximate surface area is 111 Å². The van der Waals surface area contributed by atoms with Gasteiger partial charge in [0, 0.05) is 14.5 Å². The minimum absolute atomic E-state index is 0.682. The van der Waals surface area contributed by atoms with Crippen LogP contribution in [-0.4, -0.2) is 0 Å². The molecule has 3 heteroatoms. The number of nitrogens with zero attached hydrogens (tertiary/aromatic N) is 1. The highest BCUT2D eigenvalue weighted by molar-refractivity contribution is 9.11. The van der Waals surface area contributed by atoms with Crippen LogP contribution in [-0.2, 0) is 0 Å². The summed E-state index contributed by atoms with van der Waals surface area (Å²) in [4.78, 5) is 0. The van der Waals surface area contributed by atoms with Gasteiger partial charge in [0.1, 0.15) is 0 Å². The molecule has 0 amide bonds. The van der Waals surface area contributed by atoms with Gasteiger partial charge in [0.25, 0.3) is 0 Å². The molecular weight excluding hydrogens is 330 g/mol. The van der Waals surface area contributed by atoms with Gasteiger partial charge in [-0.2, -0.15) is 5.26 Å². The van der Waals surface area contributed by atoms with E-state index < -0.39 is 0 Å². The molecule has 16 heavy (non-hydrogen) atoms. The Morgan fingerprint density at radius 3 is 2.44 bits per heavy atom. The highest BCUT2D eigenvalue weighted by Gasteiger charge is 2.07. The van der Waals surface area contributed by atoms with Crippen LogP contribution >= 0.6 is 31.9 Å². The summed E-state index contributed by atoms with van der Waals surface area (Å²) in [6, 6.07) is 15.7. The largest absolute Gasteiger partial charge is 0.192 e. The van der Waals surface area contributed by atoms with Crippen molar-refractivity contribution in [3.63, 3.8) is 0 Å². The van der Waals surface area contributed by atoms with Crippen LogP contribution in [0.4, 0.5) is 0 Å². The summed E-state index contributed by atoms with van der Waals surface area (Å²) < 4.78 is 1.98. The number of benzene rings is 2. The van der Waals surface area contributed by atoms with Crippen molar-refractivity contribution in [1.29, 1.82) is 5.26 Å². The van der Waals surface area contributed by atoms with E-state index in [1.54, 1.807) is 0 Å². The molecule has 0 unspecified atom stereocenters. The molecule has 0 aliphatic rings. The van der Waals surface area contributed by atoms with Crippen molar-refractivity contribution in [2.45, 2.75) is 0 Å². The lowest BCUT2D eigenvalue weighted by Gasteiger charge is -2.07. The second-order valence-corrected chi connectivity index (χ2v) is 5.05. The highest BCUT2D eigenvalue weighted by atomic mass is 79.9. The number of hydrogen-bond acceptors (Lipinski definition) is 1. The van der Waals surface area contributed by atoms with E-state index in [1.807, 2.05) is 42.5 Å². The van der Waals surface area contributed by atoms with Gasteiger partial charge >= 0.3 is 0 Å². The SMILES string of the molecule is N#Cc1ccccc1-c1cc(Br)ccc1Br. The molecule has 2 rings (SSSR count). The van der Waals surface area contributed by atoms with E-state index in [-0.39, 0.29) is 0 Å². The molecule has 0 aliphatic heterocycles. The second kappa shape index (κ2) is 4.82. The van der Waals surface area contributed by atoms with Crippen LogP contribution in [0.3, 0.4) is 0 Å². The smallest absolute Gasteiger partial charge is 0.0998 e. The summed E-state index contributed by atoms with van der Waals surface area (Å²) >= 11 is 6.94. The maximum Gasteiger partial charge on any atom is 0.0998 e. The van der Waals surface area contributed by atoms with Crippen LogP contribution in [0.15, 0.2) is 51.4 Å². The first kappa shape index (κ1) is 11.4. The van der Waals surface area contributed by atoms with Crippen molar-refractivity contribution in [3.8, 4) is 17.2 Å². The van der Waals surface area contributed by atoms with Gasteiger partial charge in [-0.05, 0) is 29.8 Å². The van der Waals surface area contributed by atoms with E-state index in [1.165, 1.54) is 0 Å². The van der Waals surface area contributed by atoms with Gasteiger partial charge in [-0.15, -0.1) is 0 Å². The predicted molar refractivity (Wildman–Crippen MR) is 72.0 cm³/mol. The molecule has 0 fully saturated rings. The Hall–Kier alpha value is -1.11. The van der Waals surface area contributed by atoms with Gasteiger partial charge in [-0.1, -0.05) is 50.1 Å². The molecule has 0 spiro atoms. The van der Waals surface area contributed by atoms with Crippen molar-refractivity contribution >= 4 is 31.9 Å².